The Labute approximate surface area is 59.9 Å². The second-order valence-corrected chi connectivity index (χ2v) is 3.53. The Balaban J connectivity index is 2.49. The summed E-state index contributed by atoms with van der Waals surface area (Å²) in [6, 6.07) is 0.431. The third-order valence-electron chi connectivity index (χ3n) is 1.54. The lowest BCUT2D eigenvalue weighted by Crippen LogP contribution is -2.11. The Morgan fingerprint density at radius 1 is 1.78 bits per heavy atom. The molecule has 1 rings (SSSR count). The van der Waals surface area contributed by atoms with Gasteiger partial charge in [-0.2, -0.15) is 0 Å². The minimum absolute atomic E-state index is 0.431. The maximum absolute atomic E-state index is 5.50. The highest BCUT2D eigenvalue weighted by Crippen LogP contribution is 2.26. The molecule has 1 aliphatic rings. The summed E-state index contributed by atoms with van der Waals surface area (Å²) >= 11 is 1.70. The number of rotatable bonds is 1. The van der Waals surface area contributed by atoms with Crippen LogP contribution in [0.25, 0.3) is 0 Å². The Hall–Kier alpha value is -0.180. The molecule has 0 aliphatic carbocycles. The van der Waals surface area contributed by atoms with E-state index in [1.54, 1.807) is 11.8 Å². The van der Waals surface area contributed by atoms with Crippen LogP contribution in [0.3, 0.4) is 0 Å². The molecule has 0 spiro atoms. The first-order valence-corrected chi connectivity index (χ1v) is 4.12. The van der Waals surface area contributed by atoms with E-state index in [0.29, 0.717) is 11.3 Å². The van der Waals surface area contributed by atoms with Gasteiger partial charge in [-0.15, -0.1) is 0 Å². The van der Waals surface area contributed by atoms with Crippen LogP contribution in [-0.4, -0.2) is 16.5 Å². The summed E-state index contributed by atoms with van der Waals surface area (Å²) in [5, 5.41) is 1.39. The molecule has 1 heterocycles. The molecule has 0 fully saturated rings. The van der Waals surface area contributed by atoms with E-state index in [-0.39, 0.29) is 0 Å². The number of amidine groups is 1. The van der Waals surface area contributed by atoms with Crippen molar-refractivity contribution in [3.63, 3.8) is 0 Å². The third-order valence-corrected chi connectivity index (χ3v) is 2.92. The van der Waals surface area contributed by atoms with Gasteiger partial charge in [-0.1, -0.05) is 18.7 Å². The first kappa shape index (κ1) is 6.93. The summed E-state index contributed by atoms with van der Waals surface area (Å²) in [6.45, 7) is 4.28. The van der Waals surface area contributed by atoms with Crippen molar-refractivity contribution in [1.82, 2.24) is 0 Å². The average molecular weight is 144 g/mol. The second-order valence-electron chi connectivity index (χ2n) is 2.27. The maximum Gasteiger partial charge on any atom is 0.154 e. The number of aliphatic imine (C=N–C) groups is 1. The monoisotopic (exact) mass is 144 g/mol. The highest BCUT2D eigenvalue weighted by atomic mass is 32.2. The fourth-order valence-electron chi connectivity index (χ4n) is 0.992. The Bertz CT molecular complexity index is 133. The lowest BCUT2D eigenvalue weighted by molar-refractivity contribution is 0.686. The summed E-state index contributed by atoms with van der Waals surface area (Å²) in [4.78, 5) is 4.20. The van der Waals surface area contributed by atoms with Gasteiger partial charge in [-0.3, -0.25) is 4.99 Å². The fraction of sp³-hybridized carbons (Fsp3) is 0.833. The first-order chi connectivity index (χ1) is 4.24. The van der Waals surface area contributed by atoms with Gasteiger partial charge in [0, 0.05) is 5.25 Å². The lowest BCUT2D eigenvalue weighted by atomic mass is 10.2. The minimum Gasteiger partial charge on any atom is -0.379 e. The molecule has 9 heavy (non-hydrogen) atoms. The molecule has 0 bridgehead atoms. The molecule has 0 aromatic rings. The molecule has 2 nitrogen and oxygen atoms in total. The molecule has 0 saturated carbocycles. The number of thioether (sulfide) groups is 1. The highest BCUT2D eigenvalue weighted by molar-refractivity contribution is 8.14. The first-order valence-electron chi connectivity index (χ1n) is 3.24. The van der Waals surface area contributed by atoms with Crippen LogP contribution >= 0.6 is 11.8 Å². The van der Waals surface area contributed by atoms with Gasteiger partial charge in [0.25, 0.3) is 0 Å². The van der Waals surface area contributed by atoms with Crippen LogP contribution in [0.1, 0.15) is 20.3 Å². The van der Waals surface area contributed by atoms with Gasteiger partial charge in [-0.05, 0) is 13.3 Å². The van der Waals surface area contributed by atoms with E-state index < -0.39 is 0 Å². The van der Waals surface area contributed by atoms with Crippen molar-refractivity contribution in [2.45, 2.75) is 31.6 Å². The third kappa shape index (κ3) is 1.39. The number of hydrogen-bond acceptors (Lipinski definition) is 3. The highest BCUT2D eigenvalue weighted by Gasteiger charge is 2.22. The Morgan fingerprint density at radius 3 is 2.67 bits per heavy atom. The van der Waals surface area contributed by atoms with Gasteiger partial charge in [0.15, 0.2) is 5.17 Å². The van der Waals surface area contributed by atoms with Crippen LogP contribution in [0.4, 0.5) is 0 Å². The van der Waals surface area contributed by atoms with E-state index in [9.17, 15) is 0 Å². The molecular weight excluding hydrogens is 132 g/mol. The van der Waals surface area contributed by atoms with E-state index in [4.69, 9.17) is 5.73 Å². The summed E-state index contributed by atoms with van der Waals surface area (Å²) < 4.78 is 0. The van der Waals surface area contributed by atoms with E-state index in [1.807, 2.05) is 0 Å². The van der Waals surface area contributed by atoms with Crippen molar-refractivity contribution in [3.8, 4) is 0 Å². The van der Waals surface area contributed by atoms with Crippen molar-refractivity contribution >= 4 is 16.9 Å². The number of nitrogens with zero attached hydrogens (tertiary/aromatic N) is 1. The van der Waals surface area contributed by atoms with E-state index in [1.165, 1.54) is 0 Å². The molecule has 0 aromatic carbocycles. The molecule has 0 unspecified atom stereocenters. The van der Waals surface area contributed by atoms with E-state index in [2.05, 4.69) is 18.8 Å². The molecule has 2 N–H and O–H groups in total. The molecule has 3 heteroatoms. The smallest absolute Gasteiger partial charge is 0.154 e. The van der Waals surface area contributed by atoms with E-state index in [0.717, 1.165) is 11.6 Å². The Kier molecular flexibility index (Phi) is 2.01. The topological polar surface area (TPSA) is 38.4 Å². The van der Waals surface area contributed by atoms with Crippen molar-refractivity contribution in [2.75, 3.05) is 0 Å². The molecular formula is C6H12N2S. The van der Waals surface area contributed by atoms with Gasteiger partial charge >= 0.3 is 0 Å². The summed E-state index contributed by atoms with van der Waals surface area (Å²) in [5.41, 5.74) is 5.50. The summed E-state index contributed by atoms with van der Waals surface area (Å²) in [6.07, 6.45) is 1.16. The molecule has 2 atom stereocenters. The van der Waals surface area contributed by atoms with Crippen molar-refractivity contribution < 1.29 is 0 Å². The number of nitrogens with two attached hydrogens (primary N) is 1. The molecule has 0 radical (unpaired) electrons. The van der Waals surface area contributed by atoms with Crippen molar-refractivity contribution in [3.05, 3.63) is 0 Å². The standard InChI is InChI=1S/C6H12N2S/c1-3-5-4(2)8-6(7)9-5/h4-5H,3H2,1-2H3,(H2,7,8)/t4-,5+/m1/s1. The molecule has 0 amide bonds. The van der Waals surface area contributed by atoms with Gasteiger partial charge in [0.2, 0.25) is 0 Å². The minimum atomic E-state index is 0.431. The molecule has 52 valence electrons. The zero-order valence-corrected chi connectivity index (χ0v) is 6.61. The summed E-state index contributed by atoms with van der Waals surface area (Å²) in [5.74, 6) is 0. The fourth-order valence-corrected chi connectivity index (χ4v) is 1.95. The van der Waals surface area contributed by atoms with Crippen molar-refractivity contribution in [1.29, 1.82) is 0 Å². The van der Waals surface area contributed by atoms with Gasteiger partial charge < -0.3 is 5.73 Å². The summed E-state index contributed by atoms with van der Waals surface area (Å²) in [7, 11) is 0. The SMILES string of the molecule is CC[C@@H]1SC(N)=N[C@@H]1C. The van der Waals surface area contributed by atoms with Crippen LogP contribution in [0, 0.1) is 0 Å². The van der Waals surface area contributed by atoms with Gasteiger partial charge in [0.05, 0.1) is 6.04 Å². The lowest BCUT2D eigenvalue weighted by Gasteiger charge is -2.07. The van der Waals surface area contributed by atoms with Crippen LogP contribution in [0.15, 0.2) is 4.99 Å². The Morgan fingerprint density at radius 2 is 2.44 bits per heavy atom. The predicted molar refractivity (Wildman–Crippen MR) is 42.8 cm³/mol. The van der Waals surface area contributed by atoms with Gasteiger partial charge in [-0.25, -0.2) is 0 Å². The van der Waals surface area contributed by atoms with Gasteiger partial charge in [0.1, 0.15) is 0 Å². The largest absolute Gasteiger partial charge is 0.379 e. The normalized spacial score (nSPS) is 34.7. The molecule has 0 saturated heterocycles. The molecule has 0 aromatic heterocycles. The van der Waals surface area contributed by atoms with Crippen LogP contribution < -0.4 is 5.73 Å². The van der Waals surface area contributed by atoms with Crippen LogP contribution in [0.2, 0.25) is 0 Å². The average Bonchev–Trinajstić information content (AvgIpc) is 2.10. The second kappa shape index (κ2) is 2.60. The number of hydrogen-bond donors (Lipinski definition) is 1. The predicted octanol–water partition coefficient (Wildman–Crippen LogP) is 1.22. The zero-order chi connectivity index (χ0) is 6.85. The van der Waals surface area contributed by atoms with Crippen molar-refractivity contribution in [2.24, 2.45) is 10.7 Å². The molecule has 1 aliphatic heterocycles. The van der Waals surface area contributed by atoms with Crippen LogP contribution in [-0.2, 0) is 0 Å². The van der Waals surface area contributed by atoms with E-state index >= 15 is 0 Å². The zero-order valence-electron chi connectivity index (χ0n) is 5.79. The van der Waals surface area contributed by atoms with Crippen LogP contribution in [0.5, 0.6) is 0 Å². The quantitative estimate of drug-likeness (QED) is 0.601. The maximum atomic E-state index is 5.50.